The van der Waals surface area contributed by atoms with Crippen LogP contribution in [0.4, 0.5) is 4.39 Å². The van der Waals surface area contributed by atoms with E-state index < -0.39 is 5.97 Å². The second kappa shape index (κ2) is 7.42. The highest BCUT2D eigenvalue weighted by Crippen LogP contribution is 2.03. The number of unbranched alkanes of at least 4 members (excludes halogenated alkanes) is 2. The van der Waals surface area contributed by atoms with Crippen LogP contribution in [0.2, 0.25) is 0 Å². The number of hydrogen-bond donors (Lipinski definition) is 2. The number of nitrogens with one attached hydrogen (secondary N) is 1. The predicted molar refractivity (Wildman–Crippen MR) is 64.8 cm³/mol. The minimum absolute atomic E-state index is 0.159. The van der Waals surface area contributed by atoms with E-state index >= 15 is 0 Å². The van der Waals surface area contributed by atoms with Crippen LogP contribution in [0.1, 0.15) is 36.0 Å². The van der Waals surface area contributed by atoms with Gasteiger partial charge in [0.05, 0.1) is 0 Å². The molecule has 1 aromatic carbocycles. The van der Waals surface area contributed by atoms with Gasteiger partial charge in [0.25, 0.3) is 5.91 Å². The maximum absolute atomic E-state index is 12.6. The molecular weight excluding hydrogens is 237 g/mol. The van der Waals surface area contributed by atoms with Crippen LogP contribution in [0.25, 0.3) is 0 Å². The van der Waals surface area contributed by atoms with E-state index in [0.717, 1.165) is 12.8 Å². The summed E-state index contributed by atoms with van der Waals surface area (Å²) < 4.78 is 12.6. The largest absolute Gasteiger partial charge is 0.481 e. The smallest absolute Gasteiger partial charge is 0.303 e. The fourth-order valence-corrected chi connectivity index (χ4v) is 1.48. The first-order chi connectivity index (χ1) is 8.59. The van der Waals surface area contributed by atoms with E-state index in [1.165, 1.54) is 24.3 Å². The summed E-state index contributed by atoms with van der Waals surface area (Å²) in [4.78, 5) is 21.8. The van der Waals surface area contributed by atoms with Crippen molar-refractivity contribution >= 4 is 11.9 Å². The normalized spacial score (nSPS) is 10.1. The number of halogens is 1. The van der Waals surface area contributed by atoms with Crippen molar-refractivity contribution in [1.29, 1.82) is 0 Å². The number of benzene rings is 1. The highest BCUT2D eigenvalue weighted by molar-refractivity contribution is 5.94. The van der Waals surface area contributed by atoms with E-state index in [2.05, 4.69) is 5.32 Å². The number of amides is 1. The molecule has 0 spiro atoms. The fourth-order valence-electron chi connectivity index (χ4n) is 1.48. The molecule has 18 heavy (non-hydrogen) atoms. The molecule has 0 aliphatic rings. The lowest BCUT2D eigenvalue weighted by atomic mass is 10.2. The van der Waals surface area contributed by atoms with Crippen LogP contribution in [0, 0.1) is 5.82 Å². The maximum atomic E-state index is 12.6. The molecular formula is C13H16FNO3. The van der Waals surface area contributed by atoms with Gasteiger partial charge in [-0.25, -0.2) is 4.39 Å². The quantitative estimate of drug-likeness (QED) is 0.732. The van der Waals surface area contributed by atoms with Gasteiger partial charge < -0.3 is 10.4 Å². The minimum atomic E-state index is -0.801. The van der Waals surface area contributed by atoms with E-state index in [9.17, 15) is 14.0 Å². The average Bonchev–Trinajstić information content (AvgIpc) is 2.34. The molecule has 5 heteroatoms. The highest BCUT2D eigenvalue weighted by Gasteiger charge is 2.04. The van der Waals surface area contributed by atoms with Crippen molar-refractivity contribution in [2.24, 2.45) is 0 Å². The van der Waals surface area contributed by atoms with Gasteiger partial charge in [-0.1, -0.05) is 6.42 Å². The second-order valence-electron chi connectivity index (χ2n) is 3.97. The summed E-state index contributed by atoms with van der Waals surface area (Å²) in [6.45, 7) is 0.496. The first kappa shape index (κ1) is 14.2. The Labute approximate surface area is 105 Å². The van der Waals surface area contributed by atoms with Crippen molar-refractivity contribution in [3.05, 3.63) is 35.6 Å². The Bertz CT molecular complexity index is 403. The molecule has 0 radical (unpaired) electrons. The Morgan fingerprint density at radius 1 is 1.11 bits per heavy atom. The molecule has 0 aliphatic carbocycles. The highest BCUT2D eigenvalue weighted by atomic mass is 19.1. The van der Waals surface area contributed by atoms with Crippen molar-refractivity contribution in [3.8, 4) is 0 Å². The third kappa shape index (κ3) is 5.43. The summed E-state index contributed by atoms with van der Waals surface area (Å²) >= 11 is 0. The van der Waals surface area contributed by atoms with Crippen LogP contribution < -0.4 is 5.32 Å². The number of aliphatic carboxylic acids is 1. The van der Waals surface area contributed by atoms with Crippen molar-refractivity contribution in [2.45, 2.75) is 25.7 Å². The zero-order chi connectivity index (χ0) is 13.4. The van der Waals surface area contributed by atoms with Gasteiger partial charge in [-0.2, -0.15) is 0 Å². The fraction of sp³-hybridized carbons (Fsp3) is 0.385. The first-order valence-corrected chi connectivity index (χ1v) is 5.85. The minimum Gasteiger partial charge on any atom is -0.481 e. The van der Waals surface area contributed by atoms with Crippen molar-refractivity contribution in [2.75, 3.05) is 6.54 Å². The molecule has 0 saturated heterocycles. The molecule has 98 valence electrons. The Hall–Kier alpha value is -1.91. The Balaban J connectivity index is 2.17. The van der Waals surface area contributed by atoms with Crippen molar-refractivity contribution < 1.29 is 19.1 Å². The van der Waals surface area contributed by atoms with E-state index in [-0.39, 0.29) is 18.1 Å². The first-order valence-electron chi connectivity index (χ1n) is 5.85. The third-order valence-corrected chi connectivity index (χ3v) is 2.46. The average molecular weight is 253 g/mol. The topological polar surface area (TPSA) is 66.4 Å². The maximum Gasteiger partial charge on any atom is 0.303 e. The third-order valence-electron chi connectivity index (χ3n) is 2.46. The van der Waals surface area contributed by atoms with Crippen molar-refractivity contribution in [1.82, 2.24) is 5.32 Å². The van der Waals surface area contributed by atoms with Crippen LogP contribution >= 0.6 is 0 Å². The molecule has 0 unspecified atom stereocenters. The van der Waals surface area contributed by atoms with Gasteiger partial charge in [0, 0.05) is 18.5 Å². The number of carbonyl (C=O) groups excluding carboxylic acids is 1. The molecule has 0 atom stereocenters. The number of rotatable bonds is 7. The number of carboxylic acid groups (broad SMARTS) is 1. The molecule has 1 amide bonds. The van der Waals surface area contributed by atoms with E-state index in [1.807, 2.05) is 0 Å². The standard InChI is InChI=1S/C13H16FNO3/c14-11-7-5-10(6-8-11)13(18)15-9-3-1-2-4-12(16)17/h5-8H,1-4,9H2,(H,15,18)(H,16,17). The monoisotopic (exact) mass is 253 g/mol. The van der Waals surface area contributed by atoms with Crippen LogP contribution in [0.3, 0.4) is 0 Å². The molecule has 0 aromatic heterocycles. The zero-order valence-corrected chi connectivity index (χ0v) is 9.99. The lowest BCUT2D eigenvalue weighted by molar-refractivity contribution is -0.137. The van der Waals surface area contributed by atoms with Gasteiger partial charge in [0.15, 0.2) is 0 Å². The zero-order valence-electron chi connectivity index (χ0n) is 9.99. The summed E-state index contributed by atoms with van der Waals surface area (Å²) in [7, 11) is 0. The van der Waals surface area contributed by atoms with Gasteiger partial charge in [-0.05, 0) is 37.1 Å². The Kier molecular flexibility index (Phi) is 5.84. The summed E-state index contributed by atoms with van der Waals surface area (Å²) in [6.07, 6.45) is 2.27. The molecule has 0 bridgehead atoms. The molecule has 0 heterocycles. The van der Waals surface area contributed by atoms with E-state index in [4.69, 9.17) is 5.11 Å². The van der Waals surface area contributed by atoms with Crippen LogP contribution in [0.5, 0.6) is 0 Å². The lowest BCUT2D eigenvalue weighted by Crippen LogP contribution is -2.24. The Morgan fingerprint density at radius 3 is 2.39 bits per heavy atom. The number of hydrogen-bond acceptors (Lipinski definition) is 2. The van der Waals surface area contributed by atoms with Gasteiger partial charge in [-0.15, -0.1) is 0 Å². The number of carboxylic acids is 1. The van der Waals surface area contributed by atoms with E-state index in [0.29, 0.717) is 18.5 Å². The van der Waals surface area contributed by atoms with Crippen LogP contribution in [-0.4, -0.2) is 23.5 Å². The second-order valence-corrected chi connectivity index (χ2v) is 3.97. The molecule has 0 aliphatic heterocycles. The van der Waals surface area contributed by atoms with E-state index in [1.54, 1.807) is 0 Å². The van der Waals surface area contributed by atoms with Crippen molar-refractivity contribution in [3.63, 3.8) is 0 Å². The lowest BCUT2D eigenvalue weighted by Gasteiger charge is -2.04. The molecule has 1 rings (SSSR count). The molecule has 1 aromatic rings. The predicted octanol–water partition coefficient (Wildman–Crippen LogP) is 2.20. The molecule has 4 nitrogen and oxygen atoms in total. The Morgan fingerprint density at radius 2 is 1.78 bits per heavy atom. The molecule has 0 saturated carbocycles. The van der Waals surface area contributed by atoms with Gasteiger partial charge in [-0.3, -0.25) is 9.59 Å². The molecule has 0 fully saturated rings. The summed E-state index contributed by atoms with van der Waals surface area (Å²) in [5.74, 6) is -1.42. The summed E-state index contributed by atoms with van der Waals surface area (Å²) in [6, 6.07) is 5.33. The van der Waals surface area contributed by atoms with Gasteiger partial charge in [0.1, 0.15) is 5.82 Å². The van der Waals surface area contributed by atoms with Crippen LogP contribution in [0.15, 0.2) is 24.3 Å². The van der Waals surface area contributed by atoms with Crippen LogP contribution in [-0.2, 0) is 4.79 Å². The van der Waals surface area contributed by atoms with Gasteiger partial charge >= 0.3 is 5.97 Å². The SMILES string of the molecule is O=C(O)CCCCCNC(=O)c1ccc(F)cc1. The summed E-state index contributed by atoms with van der Waals surface area (Å²) in [5.41, 5.74) is 0.418. The molecule has 2 N–H and O–H groups in total. The van der Waals surface area contributed by atoms with Gasteiger partial charge in [0.2, 0.25) is 0 Å². The number of carbonyl (C=O) groups is 2. The summed E-state index contributed by atoms with van der Waals surface area (Å²) in [5, 5.41) is 11.1.